The third-order valence-corrected chi connectivity index (χ3v) is 4.41. The van der Waals surface area contributed by atoms with E-state index in [1.54, 1.807) is 17.5 Å². The van der Waals surface area contributed by atoms with E-state index in [9.17, 15) is 4.79 Å². The molecule has 1 unspecified atom stereocenters. The number of nitrogens with one attached hydrogen (secondary N) is 2. The highest BCUT2D eigenvalue weighted by Gasteiger charge is 2.12. The molecule has 5 heteroatoms. The Labute approximate surface area is 127 Å². The van der Waals surface area contributed by atoms with Crippen LogP contribution in [0.15, 0.2) is 36.5 Å². The third kappa shape index (κ3) is 3.13. The van der Waals surface area contributed by atoms with E-state index in [1.807, 2.05) is 25.1 Å². The number of carbonyl (C=O) groups excluding carboxylic acids is 1. The van der Waals surface area contributed by atoms with Crippen LogP contribution >= 0.6 is 11.3 Å². The molecule has 3 aromatic rings. The summed E-state index contributed by atoms with van der Waals surface area (Å²) in [5.74, 6) is -0.0488. The number of rotatable bonds is 4. The molecule has 2 aromatic heterocycles. The number of aromatic amines is 1. The zero-order valence-corrected chi connectivity index (χ0v) is 12.8. The predicted molar refractivity (Wildman–Crippen MR) is 85.8 cm³/mol. The van der Waals surface area contributed by atoms with Crippen molar-refractivity contribution >= 4 is 28.1 Å². The average molecular weight is 299 g/mol. The molecule has 0 radical (unpaired) electrons. The number of aryl methyl sites for hydroxylation is 1. The number of hydrogen-bond acceptors (Lipinski definition) is 3. The molecule has 1 aromatic carbocycles. The molecule has 0 aliphatic heterocycles. The Morgan fingerprint density at radius 3 is 3.00 bits per heavy atom. The quantitative estimate of drug-likeness (QED) is 0.776. The van der Waals surface area contributed by atoms with E-state index in [1.165, 1.54) is 9.75 Å². The molecule has 2 N–H and O–H groups in total. The highest BCUT2D eigenvalue weighted by Crippen LogP contribution is 2.17. The summed E-state index contributed by atoms with van der Waals surface area (Å²) in [5, 5.41) is 10.9. The number of carbonyl (C=O) groups is 1. The van der Waals surface area contributed by atoms with Crippen molar-refractivity contribution < 1.29 is 4.79 Å². The van der Waals surface area contributed by atoms with Crippen molar-refractivity contribution in [2.75, 3.05) is 0 Å². The second kappa shape index (κ2) is 5.69. The first kappa shape index (κ1) is 13.8. The van der Waals surface area contributed by atoms with E-state index < -0.39 is 0 Å². The Bertz CT molecular complexity index is 775. The Kier molecular flexibility index (Phi) is 3.75. The number of nitrogens with zero attached hydrogens (tertiary/aromatic N) is 1. The molecule has 3 rings (SSSR count). The molecule has 0 spiro atoms. The largest absolute Gasteiger partial charge is 0.349 e. The third-order valence-electron chi connectivity index (χ3n) is 3.38. The van der Waals surface area contributed by atoms with Gasteiger partial charge in [0.25, 0.3) is 5.91 Å². The molecule has 1 atom stereocenters. The molecule has 0 aliphatic carbocycles. The molecule has 2 heterocycles. The highest BCUT2D eigenvalue weighted by atomic mass is 32.1. The second-order valence-corrected chi connectivity index (χ2v) is 6.64. The number of amides is 1. The first-order chi connectivity index (χ1) is 10.1. The molecular formula is C16H17N3OS. The monoisotopic (exact) mass is 299 g/mol. The molecule has 4 nitrogen and oxygen atoms in total. The standard InChI is InChI=1S/C16H17N3OS/c1-10(7-14-6-3-11(2)21-14)18-16(20)12-4-5-13-9-17-19-15(13)8-12/h3-6,8-10H,7H2,1-2H3,(H,17,19)(H,18,20). The summed E-state index contributed by atoms with van der Waals surface area (Å²) < 4.78 is 0. The lowest BCUT2D eigenvalue weighted by Gasteiger charge is -2.13. The Morgan fingerprint density at radius 1 is 1.38 bits per heavy atom. The summed E-state index contributed by atoms with van der Waals surface area (Å²) >= 11 is 1.78. The molecule has 108 valence electrons. The van der Waals surface area contributed by atoms with Gasteiger partial charge < -0.3 is 5.32 Å². The van der Waals surface area contributed by atoms with Crippen molar-refractivity contribution in [3.63, 3.8) is 0 Å². The van der Waals surface area contributed by atoms with Crippen LogP contribution in [0.25, 0.3) is 10.9 Å². The lowest BCUT2D eigenvalue weighted by atomic mass is 10.1. The smallest absolute Gasteiger partial charge is 0.251 e. The maximum Gasteiger partial charge on any atom is 0.251 e. The van der Waals surface area contributed by atoms with Crippen LogP contribution < -0.4 is 5.32 Å². The van der Waals surface area contributed by atoms with E-state index in [-0.39, 0.29) is 11.9 Å². The summed E-state index contributed by atoms with van der Waals surface area (Å²) in [7, 11) is 0. The van der Waals surface area contributed by atoms with Crippen LogP contribution in [0.5, 0.6) is 0 Å². The molecule has 21 heavy (non-hydrogen) atoms. The van der Waals surface area contributed by atoms with Crippen LogP contribution in [-0.4, -0.2) is 22.1 Å². The molecule has 0 aliphatic rings. The van der Waals surface area contributed by atoms with Gasteiger partial charge in [-0.3, -0.25) is 9.89 Å². The minimum Gasteiger partial charge on any atom is -0.349 e. The first-order valence-electron chi connectivity index (χ1n) is 6.91. The fourth-order valence-corrected chi connectivity index (χ4v) is 3.35. The maximum absolute atomic E-state index is 12.3. The van der Waals surface area contributed by atoms with Gasteiger partial charge in [0.05, 0.1) is 11.7 Å². The molecule has 0 saturated heterocycles. The van der Waals surface area contributed by atoms with E-state index in [4.69, 9.17) is 0 Å². The molecule has 0 fully saturated rings. The maximum atomic E-state index is 12.3. The van der Waals surface area contributed by atoms with Gasteiger partial charge in [-0.1, -0.05) is 6.07 Å². The molecule has 0 saturated carbocycles. The number of H-pyrrole nitrogens is 1. The predicted octanol–water partition coefficient (Wildman–Crippen LogP) is 3.29. The lowest BCUT2D eigenvalue weighted by molar-refractivity contribution is 0.0940. The van der Waals surface area contributed by atoms with Gasteiger partial charge in [0.1, 0.15) is 0 Å². The van der Waals surface area contributed by atoms with Gasteiger partial charge in [0.15, 0.2) is 0 Å². The highest BCUT2D eigenvalue weighted by molar-refractivity contribution is 7.11. The number of aromatic nitrogens is 2. The van der Waals surface area contributed by atoms with Crippen LogP contribution in [0.3, 0.4) is 0 Å². The number of fused-ring (bicyclic) bond motifs is 1. The summed E-state index contributed by atoms with van der Waals surface area (Å²) in [5.41, 5.74) is 1.53. The summed E-state index contributed by atoms with van der Waals surface area (Å²) in [6.07, 6.45) is 2.61. The van der Waals surface area contributed by atoms with E-state index in [2.05, 4.69) is 34.6 Å². The van der Waals surface area contributed by atoms with E-state index >= 15 is 0 Å². The van der Waals surface area contributed by atoms with Crippen LogP contribution in [-0.2, 0) is 6.42 Å². The van der Waals surface area contributed by atoms with Crippen molar-refractivity contribution in [2.24, 2.45) is 0 Å². The topological polar surface area (TPSA) is 57.8 Å². The minimum atomic E-state index is -0.0488. The van der Waals surface area contributed by atoms with Crippen molar-refractivity contribution in [2.45, 2.75) is 26.3 Å². The van der Waals surface area contributed by atoms with Crippen molar-refractivity contribution in [3.05, 3.63) is 51.8 Å². The van der Waals surface area contributed by atoms with Gasteiger partial charge in [0, 0.05) is 33.2 Å². The van der Waals surface area contributed by atoms with Crippen LogP contribution in [0, 0.1) is 6.92 Å². The van der Waals surface area contributed by atoms with Crippen molar-refractivity contribution in [1.82, 2.24) is 15.5 Å². The Hall–Kier alpha value is -2.14. The first-order valence-corrected chi connectivity index (χ1v) is 7.73. The normalized spacial score (nSPS) is 12.5. The zero-order chi connectivity index (χ0) is 14.8. The minimum absolute atomic E-state index is 0.0488. The molecule has 1 amide bonds. The van der Waals surface area contributed by atoms with Gasteiger partial charge in [-0.15, -0.1) is 11.3 Å². The summed E-state index contributed by atoms with van der Waals surface area (Å²) in [6, 6.07) is 9.91. The zero-order valence-electron chi connectivity index (χ0n) is 12.0. The molecular weight excluding hydrogens is 282 g/mol. The SMILES string of the molecule is Cc1ccc(CC(C)NC(=O)c2ccc3cn[nH]c3c2)s1. The summed E-state index contributed by atoms with van der Waals surface area (Å²) in [6.45, 7) is 4.12. The van der Waals surface area contributed by atoms with Crippen molar-refractivity contribution in [1.29, 1.82) is 0 Å². The Balaban J connectivity index is 1.67. The summed E-state index contributed by atoms with van der Waals surface area (Å²) in [4.78, 5) is 14.9. The van der Waals surface area contributed by atoms with Crippen LogP contribution in [0.2, 0.25) is 0 Å². The van der Waals surface area contributed by atoms with Crippen LogP contribution in [0.1, 0.15) is 27.0 Å². The second-order valence-electron chi connectivity index (χ2n) is 5.26. The lowest BCUT2D eigenvalue weighted by Crippen LogP contribution is -2.33. The number of thiophene rings is 1. The Morgan fingerprint density at radius 2 is 2.24 bits per heavy atom. The van der Waals surface area contributed by atoms with Crippen molar-refractivity contribution in [3.8, 4) is 0 Å². The van der Waals surface area contributed by atoms with Gasteiger partial charge in [-0.25, -0.2) is 0 Å². The van der Waals surface area contributed by atoms with Gasteiger partial charge in [-0.05, 0) is 38.1 Å². The number of benzene rings is 1. The van der Waals surface area contributed by atoms with Gasteiger partial charge >= 0.3 is 0 Å². The fourth-order valence-electron chi connectivity index (χ4n) is 2.33. The molecule has 0 bridgehead atoms. The van der Waals surface area contributed by atoms with Gasteiger partial charge in [-0.2, -0.15) is 5.10 Å². The fraction of sp³-hybridized carbons (Fsp3) is 0.250. The average Bonchev–Trinajstić information content (AvgIpc) is 3.06. The van der Waals surface area contributed by atoms with E-state index in [0.29, 0.717) is 5.56 Å². The number of hydrogen-bond donors (Lipinski definition) is 2. The van der Waals surface area contributed by atoms with Crippen LogP contribution in [0.4, 0.5) is 0 Å². The van der Waals surface area contributed by atoms with Gasteiger partial charge in [0.2, 0.25) is 0 Å². The van der Waals surface area contributed by atoms with E-state index in [0.717, 1.165) is 17.3 Å².